The molecule has 2 aliphatic carbocycles. The second-order valence-electron chi connectivity index (χ2n) is 5.40. The third-order valence-corrected chi connectivity index (χ3v) is 5.09. The molecule has 0 aliphatic heterocycles. The molecule has 1 aromatic heterocycles. The van der Waals surface area contributed by atoms with Gasteiger partial charge in [-0.25, -0.2) is 8.42 Å². The van der Waals surface area contributed by atoms with Gasteiger partial charge in [0, 0.05) is 12.6 Å². The molecule has 0 aromatic carbocycles. The fraction of sp³-hybridized carbons (Fsp3) is 0.750. The molecule has 0 atom stereocenters. The van der Waals surface area contributed by atoms with Crippen molar-refractivity contribution in [2.24, 2.45) is 13.0 Å². The lowest BCUT2D eigenvalue weighted by molar-refractivity contribution is 0.594. The van der Waals surface area contributed by atoms with Crippen LogP contribution in [0.4, 0.5) is 5.82 Å². The SMILES string of the molecule is Cn1nc2c(c1NS(=O)(=O)CCC1CC1)CCC2. The molecule has 100 valence electrons. The molecule has 0 amide bonds. The third-order valence-electron chi connectivity index (χ3n) is 3.81. The van der Waals surface area contributed by atoms with Gasteiger partial charge in [0.2, 0.25) is 10.0 Å². The summed E-state index contributed by atoms with van der Waals surface area (Å²) in [7, 11) is -1.41. The summed E-state index contributed by atoms with van der Waals surface area (Å²) in [4.78, 5) is 0. The topological polar surface area (TPSA) is 64.0 Å². The highest BCUT2D eigenvalue weighted by Gasteiger charge is 2.26. The van der Waals surface area contributed by atoms with E-state index >= 15 is 0 Å². The standard InChI is InChI=1S/C12H19N3O2S/c1-15-12(10-3-2-4-11(10)13-15)14-18(16,17)8-7-9-5-6-9/h9,14H,2-8H2,1H3. The highest BCUT2D eigenvalue weighted by atomic mass is 32.2. The van der Waals surface area contributed by atoms with E-state index in [1.807, 2.05) is 0 Å². The number of hydrogen-bond donors (Lipinski definition) is 1. The maximum Gasteiger partial charge on any atom is 0.233 e. The number of nitrogens with zero attached hydrogens (tertiary/aromatic N) is 2. The zero-order chi connectivity index (χ0) is 12.8. The van der Waals surface area contributed by atoms with Crippen molar-refractivity contribution in [3.05, 3.63) is 11.3 Å². The van der Waals surface area contributed by atoms with Crippen LogP contribution in [-0.4, -0.2) is 24.0 Å². The molecule has 1 saturated carbocycles. The molecule has 6 heteroatoms. The van der Waals surface area contributed by atoms with Crippen molar-refractivity contribution in [2.75, 3.05) is 10.5 Å². The summed E-state index contributed by atoms with van der Waals surface area (Å²) in [5.74, 6) is 1.55. The van der Waals surface area contributed by atoms with Gasteiger partial charge >= 0.3 is 0 Å². The van der Waals surface area contributed by atoms with E-state index in [0.29, 0.717) is 11.7 Å². The summed E-state index contributed by atoms with van der Waals surface area (Å²) in [6, 6.07) is 0. The molecular weight excluding hydrogens is 250 g/mol. The normalized spacial score (nSPS) is 18.9. The maximum atomic E-state index is 12.0. The van der Waals surface area contributed by atoms with Crippen LogP contribution in [0, 0.1) is 5.92 Å². The molecule has 1 N–H and O–H groups in total. The molecule has 5 nitrogen and oxygen atoms in total. The first-order valence-electron chi connectivity index (χ1n) is 6.60. The van der Waals surface area contributed by atoms with Gasteiger partial charge in [-0.15, -0.1) is 0 Å². The van der Waals surface area contributed by atoms with E-state index in [1.165, 1.54) is 12.8 Å². The molecule has 3 rings (SSSR count). The van der Waals surface area contributed by atoms with Gasteiger partial charge in [0.1, 0.15) is 5.82 Å². The Balaban J connectivity index is 1.74. The van der Waals surface area contributed by atoms with E-state index in [9.17, 15) is 8.42 Å². The van der Waals surface area contributed by atoms with E-state index in [2.05, 4.69) is 9.82 Å². The van der Waals surface area contributed by atoms with Gasteiger partial charge in [-0.3, -0.25) is 9.40 Å². The number of hydrogen-bond acceptors (Lipinski definition) is 3. The molecule has 1 fully saturated rings. The first kappa shape index (κ1) is 12.0. The molecule has 1 aromatic rings. The first-order chi connectivity index (χ1) is 8.55. The predicted molar refractivity (Wildman–Crippen MR) is 70.0 cm³/mol. The largest absolute Gasteiger partial charge is 0.267 e. The molecule has 2 aliphatic rings. The van der Waals surface area contributed by atoms with Crippen LogP contribution in [0.15, 0.2) is 0 Å². The molecule has 0 radical (unpaired) electrons. The average Bonchev–Trinajstić information content (AvgIpc) is 2.96. The quantitative estimate of drug-likeness (QED) is 0.880. The van der Waals surface area contributed by atoms with E-state index < -0.39 is 10.0 Å². The van der Waals surface area contributed by atoms with Crippen LogP contribution in [0.5, 0.6) is 0 Å². The monoisotopic (exact) mass is 269 g/mol. The molecule has 0 saturated heterocycles. The Morgan fingerprint density at radius 1 is 1.39 bits per heavy atom. The van der Waals surface area contributed by atoms with Crippen LogP contribution in [0.2, 0.25) is 0 Å². The second kappa shape index (κ2) is 4.26. The van der Waals surface area contributed by atoms with Gasteiger partial charge in [0.25, 0.3) is 0 Å². The Morgan fingerprint density at radius 3 is 2.89 bits per heavy atom. The van der Waals surface area contributed by atoms with Crippen LogP contribution in [-0.2, 0) is 29.9 Å². The summed E-state index contributed by atoms with van der Waals surface area (Å²) < 4.78 is 28.4. The van der Waals surface area contributed by atoms with Crippen molar-refractivity contribution in [2.45, 2.75) is 38.5 Å². The number of rotatable bonds is 5. The van der Waals surface area contributed by atoms with E-state index in [0.717, 1.165) is 36.9 Å². The summed E-state index contributed by atoms with van der Waals surface area (Å²) in [5.41, 5.74) is 2.14. The number of anilines is 1. The number of sulfonamides is 1. The Bertz CT molecular complexity index is 558. The lowest BCUT2D eigenvalue weighted by Crippen LogP contribution is -2.19. The first-order valence-corrected chi connectivity index (χ1v) is 8.25. The van der Waals surface area contributed by atoms with Gasteiger partial charge < -0.3 is 0 Å². The van der Waals surface area contributed by atoms with Crippen LogP contribution in [0.25, 0.3) is 0 Å². The number of fused-ring (bicyclic) bond motifs is 1. The van der Waals surface area contributed by atoms with Gasteiger partial charge in [-0.1, -0.05) is 12.8 Å². The van der Waals surface area contributed by atoms with Crippen molar-refractivity contribution >= 4 is 15.8 Å². The Labute approximate surface area is 108 Å². The fourth-order valence-electron chi connectivity index (χ4n) is 2.57. The van der Waals surface area contributed by atoms with Crippen LogP contribution >= 0.6 is 0 Å². The summed E-state index contributed by atoms with van der Waals surface area (Å²) >= 11 is 0. The third kappa shape index (κ3) is 2.39. The molecule has 0 spiro atoms. The van der Waals surface area contributed by atoms with Gasteiger partial charge in [0.05, 0.1) is 11.4 Å². The average molecular weight is 269 g/mol. The minimum Gasteiger partial charge on any atom is -0.267 e. The number of aromatic nitrogens is 2. The summed E-state index contributed by atoms with van der Waals surface area (Å²) in [6.07, 6.45) is 6.15. The van der Waals surface area contributed by atoms with Crippen molar-refractivity contribution in [3.8, 4) is 0 Å². The lowest BCUT2D eigenvalue weighted by atomic mass is 10.3. The molecule has 1 heterocycles. The highest BCUT2D eigenvalue weighted by molar-refractivity contribution is 7.92. The number of nitrogens with one attached hydrogen (secondary N) is 1. The minimum absolute atomic E-state index is 0.234. The Hall–Kier alpha value is -1.04. The zero-order valence-corrected chi connectivity index (χ0v) is 11.5. The Kier molecular flexibility index (Phi) is 2.84. The van der Waals surface area contributed by atoms with Crippen LogP contribution in [0.3, 0.4) is 0 Å². The van der Waals surface area contributed by atoms with Crippen LogP contribution in [0.1, 0.15) is 36.9 Å². The predicted octanol–water partition coefficient (Wildman–Crippen LogP) is 1.45. The van der Waals surface area contributed by atoms with Crippen molar-refractivity contribution in [1.29, 1.82) is 0 Å². The van der Waals surface area contributed by atoms with Crippen molar-refractivity contribution < 1.29 is 8.42 Å². The summed E-state index contributed by atoms with van der Waals surface area (Å²) in [5, 5.41) is 4.37. The zero-order valence-electron chi connectivity index (χ0n) is 10.6. The molecule has 0 bridgehead atoms. The minimum atomic E-state index is -3.21. The fourth-order valence-corrected chi connectivity index (χ4v) is 3.87. The Morgan fingerprint density at radius 2 is 2.17 bits per heavy atom. The maximum absolute atomic E-state index is 12.0. The number of aryl methyl sites for hydroxylation is 2. The highest BCUT2D eigenvalue weighted by Crippen LogP contribution is 2.33. The van der Waals surface area contributed by atoms with E-state index in [1.54, 1.807) is 11.7 Å². The van der Waals surface area contributed by atoms with Gasteiger partial charge in [-0.05, 0) is 31.6 Å². The molecular formula is C12H19N3O2S. The summed E-state index contributed by atoms with van der Waals surface area (Å²) in [6.45, 7) is 0. The smallest absolute Gasteiger partial charge is 0.233 e. The molecule has 0 unspecified atom stereocenters. The second-order valence-corrected chi connectivity index (χ2v) is 7.25. The lowest BCUT2D eigenvalue weighted by Gasteiger charge is -2.09. The van der Waals surface area contributed by atoms with Crippen LogP contribution < -0.4 is 4.72 Å². The van der Waals surface area contributed by atoms with Gasteiger partial charge in [0.15, 0.2) is 0 Å². The van der Waals surface area contributed by atoms with Crippen molar-refractivity contribution in [3.63, 3.8) is 0 Å². The molecule has 18 heavy (non-hydrogen) atoms. The van der Waals surface area contributed by atoms with E-state index in [-0.39, 0.29) is 5.75 Å². The van der Waals surface area contributed by atoms with E-state index in [4.69, 9.17) is 0 Å². The van der Waals surface area contributed by atoms with Crippen molar-refractivity contribution in [1.82, 2.24) is 9.78 Å². The van der Waals surface area contributed by atoms with Gasteiger partial charge in [-0.2, -0.15) is 5.10 Å².